The van der Waals surface area contributed by atoms with Crippen molar-refractivity contribution in [3.63, 3.8) is 0 Å². The second kappa shape index (κ2) is 4.82. The molecule has 0 aliphatic heterocycles. The van der Waals surface area contributed by atoms with Crippen molar-refractivity contribution >= 4 is 17.1 Å². The first-order valence-electron chi connectivity index (χ1n) is 3.60. The molecule has 68 valence electrons. The zero-order valence-corrected chi connectivity index (χ0v) is 8.20. The number of hydrogen-bond donors (Lipinski definition) is 1. The molecule has 0 saturated heterocycles. The summed E-state index contributed by atoms with van der Waals surface area (Å²) < 4.78 is 0. The average molecular weight is 188 g/mol. The Balaban J connectivity index is 4.80. The summed E-state index contributed by atoms with van der Waals surface area (Å²) in [5.41, 5.74) is 0.529. The van der Waals surface area contributed by atoms with Crippen LogP contribution in [0.25, 0.3) is 0 Å². The van der Waals surface area contributed by atoms with Crippen molar-refractivity contribution in [3.05, 3.63) is 21.5 Å². The van der Waals surface area contributed by atoms with E-state index >= 15 is 0 Å². The molecule has 1 N–H and O–H groups in total. The molecule has 0 amide bonds. The molecule has 0 fully saturated rings. The lowest BCUT2D eigenvalue weighted by Crippen LogP contribution is -2.18. The van der Waals surface area contributed by atoms with Gasteiger partial charge in [0.25, 0.3) is 0 Å². The van der Waals surface area contributed by atoms with Crippen LogP contribution in [0.1, 0.15) is 20.8 Å². The molecule has 0 radical (unpaired) electrons. The quantitative estimate of drug-likeness (QED) is 0.314. The minimum absolute atomic E-state index is 0.00634. The summed E-state index contributed by atoms with van der Waals surface area (Å²) >= 11 is 4.74. The highest BCUT2D eigenvalue weighted by Gasteiger charge is 2.16. The summed E-state index contributed by atoms with van der Waals surface area (Å²) in [6.07, 6.45) is 0. The number of nitrogens with zero attached hydrogens (tertiary/aromatic N) is 1. The summed E-state index contributed by atoms with van der Waals surface area (Å²) in [5.74, 6) is 0. The minimum Gasteiger partial charge on any atom is -0.383 e. The van der Waals surface area contributed by atoms with Gasteiger partial charge in [0.05, 0.1) is 15.5 Å². The zero-order chi connectivity index (χ0) is 9.72. The number of allylic oxidation sites excluding steroid dienone is 2. The fourth-order valence-electron chi connectivity index (χ4n) is 0.878. The highest BCUT2D eigenvalue weighted by Crippen LogP contribution is 2.04. The largest absolute Gasteiger partial charge is 0.383 e. The van der Waals surface area contributed by atoms with E-state index in [0.29, 0.717) is 17.1 Å². The van der Waals surface area contributed by atoms with Gasteiger partial charge in [0.1, 0.15) is 0 Å². The minimum atomic E-state index is -0.458. The van der Waals surface area contributed by atoms with Gasteiger partial charge >= 0.3 is 5.70 Å². The topological polar surface area (TPSA) is 55.2 Å². The van der Waals surface area contributed by atoms with E-state index in [1.54, 1.807) is 13.8 Å². The number of rotatable bonds is 4. The molecule has 0 aliphatic carbocycles. The molecule has 4 nitrogen and oxygen atoms in total. The predicted octanol–water partition coefficient (Wildman–Crippen LogP) is 1.49. The highest BCUT2D eigenvalue weighted by atomic mass is 32.1. The molecule has 0 aromatic rings. The van der Waals surface area contributed by atoms with Crippen LogP contribution in [0.4, 0.5) is 0 Å². The van der Waals surface area contributed by atoms with E-state index < -0.39 is 4.92 Å². The maximum Gasteiger partial charge on any atom is 0.301 e. The standard InChI is InChI=1S/C7H12N2O2S/c1-4-8-5(2)7(6(3)12)9(10)11/h8H,4H2,1-3H3/b7-5+. The van der Waals surface area contributed by atoms with Gasteiger partial charge in [-0.1, -0.05) is 12.2 Å². The molecular formula is C7H12N2O2S. The average Bonchev–Trinajstić information content (AvgIpc) is 1.85. The van der Waals surface area contributed by atoms with Crippen LogP contribution in [0.2, 0.25) is 0 Å². The molecule has 0 spiro atoms. The van der Waals surface area contributed by atoms with Crippen molar-refractivity contribution in [1.29, 1.82) is 0 Å². The molecule has 0 heterocycles. The van der Waals surface area contributed by atoms with E-state index in [2.05, 4.69) is 5.32 Å². The van der Waals surface area contributed by atoms with E-state index in [1.807, 2.05) is 6.92 Å². The molecule has 0 saturated carbocycles. The molecule has 0 aromatic heterocycles. The highest BCUT2D eigenvalue weighted by molar-refractivity contribution is 7.80. The van der Waals surface area contributed by atoms with Crippen LogP contribution < -0.4 is 5.32 Å². The maximum absolute atomic E-state index is 10.5. The molecule has 0 rings (SSSR count). The third-order valence-electron chi connectivity index (χ3n) is 1.31. The Morgan fingerprint density at radius 2 is 2.08 bits per heavy atom. The summed E-state index contributed by atoms with van der Waals surface area (Å²) in [6.45, 7) is 5.73. The molecule has 5 heteroatoms. The summed E-state index contributed by atoms with van der Waals surface area (Å²) in [7, 11) is 0. The van der Waals surface area contributed by atoms with Crippen LogP contribution >= 0.6 is 12.2 Å². The Morgan fingerprint density at radius 1 is 1.58 bits per heavy atom. The first-order valence-corrected chi connectivity index (χ1v) is 4.01. The molecule has 0 aromatic carbocycles. The Hall–Kier alpha value is -0.970. The van der Waals surface area contributed by atoms with E-state index in [9.17, 15) is 10.1 Å². The van der Waals surface area contributed by atoms with Crippen molar-refractivity contribution in [1.82, 2.24) is 5.32 Å². The molecule has 0 atom stereocenters. The van der Waals surface area contributed by atoms with Crippen molar-refractivity contribution in [3.8, 4) is 0 Å². The van der Waals surface area contributed by atoms with Gasteiger partial charge in [0, 0.05) is 6.54 Å². The fraction of sp³-hybridized carbons (Fsp3) is 0.571. The lowest BCUT2D eigenvalue weighted by molar-refractivity contribution is -0.416. The second-order valence-corrected chi connectivity index (χ2v) is 2.93. The van der Waals surface area contributed by atoms with Gasteiger partial charge < -0.3 is 5.32 Å². The van der Waals surface area contributed by atoms with Gasteiger partial charge in [-0.3, -0.25) is 10.1 Å². The number of hydrogen-bond acceptors (Lipinski definition) is 4. The zero-order valence-electron chi connectivity index (χ0n) is 7.38. The number of nitrogens with one attached hydrogen (secondary N) is 1. The van der Waals surface area contributed by atoms with Crippen LogP contribution in [0, 0.1) is 10.1 Å². The molecular weight excluding hydrogens is 176 g/mol. The molecule has 0 unspecified atom stereocenters. The SMILES string of the molecule is CCN/C(C)=C(\C(C)=S)[N+](=O)[O-]. The Bertz CT molecular complexity index is 220. The number of nitro groups is 1. The molecule has 0 aliphatic rings. The third-order valence-corrected chi connectivity index (χ3v) is 1.51. The van der Waals surface area contributed by atoms with Gasteiger partial charge in [-0.05, 0) is 20.8 Å². The van der Waals surface area contributed by atoms with Crippen molar-refractivity contribution < 1.29 is 4.92 Å². The fourth-order valence-corrected chi connectivity index (χ4v) is 1.11. The first-order chi connectivity index (χ1) is 5.50. The Morgan fingerprint density at radius 3 is 2.33 bits per heavy atom. The monoisotopic (exact) mass is 188 g/mol. The predicted molar refractivity (Wildman–Crippen MR) is 51.6 cm³/mol. The number of thiocarbonyl (C=S) groups is 1. The van der Waals surface area contributed by atoms with E-state index in [0.717, 1.165) is 0 Å². The van der Waals surface area contributed by atoms with Crippen molar-refractivity contribution in [2.75, 3.05) is 6.54 Å². The van der Waals surface area contributed by atoms with Gasteiger partial charge in [-0.2, -0.15) is 0 Å². The van der Waals surface area contributed by atoms with Gasteiger partial charge in [0.2, 0.25) is 0 Å². The van der Waals surface area contributed by atoms with Gasteiger partial charge in [-0.25, -0.2) is 0 Å². The summed E-state index contributed by atoms with van der Waals surface area (Å²) in [4.78, 5) is 10.3. The van der Waals surface area contributed by atoms with Crippen molar-refractivity contribution in [2.24, 2.45) is 0 Å². The second-order valence-electron chi connectivity index (χ2n) is 2.32. The summed E-state index contributed by atoms with van der Waals surface area (Å²) in [6, 6.07) is 0. The smallest absolute Gasteiger partial charge is 0.301 e. The normalized spacial score (nSPS) is 11.9. The third kappa shape index (κ3) is 2.96. The van der Waals surface area contributed by atoms with Crippen LogP contribution in [-0.2, 0) is 0 Å². The Labute approximate surface area is 76.8 Å². The van der Waals surface area contributed by atoms with E-state index in [4.69, 9.17) is 12.2 Å². The lowest BCUT2D eigenvalue weighted by atomic mass is 10.3. The van der Waals surface area contributed by atoms with Crippen LogP contribution in [-0.4, -0.2) is 16.3 Å². The van der Waals surface area contributed by atoms with E-state index in [1.165, 1.54) is 0 Å². The van der Waals surface area contributed by atoms with E-state index in [-0.39, 0.29) is 5.70 Å². The molecule has 12 heavy (non-hydrogen) atoms. The Kier molecular flexibility index (Phi) is 4.43. The lowest BCUT2D eigenvalue weighted by Gasteiger charge is -2.03. The van der Waals surface area contributed by atoms with Crippen LogP contribution in [0.3, 0.4) is 0 Å². The maximum atomic E-state index is 10.5. The van der Waals surface area contributed by atoms with Gasteiger partial charge in [0.15, 0.2) is 0 Å². The summed E-state index contributed by atoms with van der Waals surface area (Å²) in [5, 5.41) is 13.3. The van der Waals surface area contributed by atoms with Crippen LogP contribution in [0.15, 0.2) is 11.4 Å². The van der Waals surface area contributed by atoms with Crippen LogP contribution in [0.5, 0.6) is 0 Å². The first kappa shape index (κ1) is 11.0. The molecule has 0 bridgehead atoms. The van der Waals surface area contributed by atoms with Gasteiger partial charge in [-0.15, -0.1) is 0 Å². The van der Waals surface area contributed by atoms with Crippen molar-refractivity contribution in [2.45, 2.75) is 20.8 Å².